The molecule has 1 heterocycles. The minimum atomic E-state index is -4.88. The Morgan fingerprint density at radius 1 is 1.04 bits per heavy atom. The zero-order valence-corrected chi connectivity index (χ0v) is 14.5. The molecule has 1 aliphatic heterocycles. The van der Waals surface area contributed by atoms with E-state index in [-0.39, 0.29) is 0 Å². The molecule has 2 aromatic carbocycles. The highest BCUT2D eigenvalue weighted by Gasteiger charge is 2.38. The van der Waals surface area contributed by atoms with Crippen molar-refractivity contribution in [1.82, 2.24) is 15.2 Å². The predicted molar refractivity (Wildman–Crippen MR) is 90.5 cm³/mol. The van der Waals surface area contributed by atoms with Crippen LogP contribution < -0.4 is 10.1 Å². The molecule has 2 N–H and O–H groups in total. The number of urea groups is 1. The van der Waals surface area contributed by atoms with Crippen LogP contribution in [-0.2, 0) is 16.2 Å². The SMILES string of the molecule is O=C(NS(=O)(=O)c1ccccc1C(F)(F)F)N1NC=CC1c1ccccc1. The van der Waals surface area contributed by atoms with Gasteiger partial charge in [-0.3, -0.25) is 0 Å². The van der Waals surface area contributed by atoms with Crippen molar-refractivity contribution in [3.8, 4) is 0 Å². The van der Waals surface area contributed by atoms with Crippen molar-refractivity contribution in [3.05, 3.63) is 78.0 Å². The van der Waals surface area contributed by atoms with Gasteiger partial charge in [-0.25, -0.2) is 22.9 Å². The highest BCUT2D eigenvalue weighted by molar-refractivity contribution is 7.90. The second-order valence-corrected chi connectivity index (χ2v) is 7.27. The lowest BCUT2D eigenvalue weighted by Crippen LogP contribution is -2.47. The van der Waals surface area contributed by atoms with Crippen LogP contribution in [0.5, 0.6) is 0 Å². The third kappa shape index (κ3) is 3.90. The Kier molecular flexibility index (Phi) is 4.83. The number of rotatable bonds is 3. The third-order valence-electron chi connectivity index (χ3n) is 3.83. The molecular weight excluding hydrogens is 383 g/mol. The number of halogens is 3. The number of benzene rings is 2. The molecule has 0 fully saturated rings. The number of carbonyl (C=O) groups is 1. The molecule has 142 valence electrons. The number of hydrogen-bond donors (Lipinski definition) is 2. The summed E-state index contributed by atoms with van der Waals surface area (Å²) in [5.74, 6) is 0. The molecule has 1 aliphatic rings. The summed E-state index contributed by atoms with van der Waals surface area (Å²) in [5, 5.41) is 0.975. The largest absolute Gasteiger partial charge is 0.417 e. The normalized spacial score (nSPS) is 16.9. The number of hydrazine groups is 1. The molecule has 0 saturated heterocycles. The van der Waals surface area contributed by atoms with Crippen molar-refractivity contribution in [2.75, 3.05) is 0 Å². The molecule has 3 rings (SSSR count). The molecule has 0 radical (unpaired) electrons. The topological polar surface area (TPSA) is 78.5 Å². The number of alkyl halides is 3. The van der Waals surface area contributed by atoms with Gasteiger partial charge in [-0.2, -0.15) is 13.2 Å². The number of hydrogen-bond acceptors (Lipinski definition) is 4. The Balaban J connectivity index is 1.86. The molecule has 0 aliphatic carbocycles. The van der Waals surface area contributed by atoms with Crippen LogP contribution in [0.25, 0.3) is 0 Å². The van der Waals surface area contributed by atoms with E-state index in [1.165, 1.54) is 6.20 Å². The molecule has 1 atom stereocenters. The summed E-state index contributed by atoms with van der Waals surface area (Å²) in [6, 6.07) is 10.7. The van der Waals surface area contributed by atoms with Crippen LogP contribution in [-0.4, -0.2) is 19.5 Å². The maximum atomic E-state index is 13.1. The highest BCUT2D eigenvalue weighted by atomic mass is 32.2. The van der Waals surface area contributed by atoms with Gasteiger partial charge in [-0.05, 0) is 23.8 Å². The summed E-state index contributed by atoms with van der Waals surface area (Å²) in [5.41, 5.74) is 1.92. The van der Waals surface area contributed by atoms with Crippen molar-refractivity contribution >= 4 is 16.1 Å². The van der Waals surface area contributed by atoms with E-state index in [0.717, 1.165) is 23.2 Å². The molecular formula is C17H14F3N3O3S. The minimum Gasteiger partial charge on any atom is -0.301 e. The maximum Gasteiger partial charge on any atom is 0.417 e. The summed E-state index contributed by atoms with van der Waals surface area (Å²) in [4.78, 5) is 11.4. The van der Waals surface area contributed by atoms with Gasteiger partial charge in [-0.1, -0.05) is 42.5 Å². The summed E-state index contributed by atoms with van der Waals surface area (Å²) in [6.45, 7) is 0. The number of nitrogens with zero attached hydrogens (tertiary/aromatic N) is 1. The second-order valence-electron chi connectivity index (χ2n) is 5.62. The molecule has 27 heavy (non-hydrogen) atoms. The van der Waals surface area contributed by atoms with Crippen molar-refractivity contribution in [1.29, 1.82) is 0 Å². The van der Waals surface area contributed by atoms with Gasteiger partial charge >= 0.3 is 12.2 Å². The number of amides is 2. The first-order valence-corrected chi connectivity index (χ1v) is 9.18. The number of sulfonamides is 1. The van der Waals surface area contributed by atoms with Crippen molar-refractivity contribution in [2.24, 2.45) is 0 Å². The Bertz CT molecular complexity index is 976. The first kappa shape index (κ1) is 18.8. The Morgan fingerprint density at radius 2 is 1.67 bits per heavy atom. The Labute approximate surface area is 153 Å². The van der Waals surface area contributed by atoms with Gasteiger partial charge in [0.2, 0.25) is 0 Å². The van der Waals surface area contributed by atoms with Crippen molar-refractivity contribution in [2.45, 2.75) is 17.1 Å². The van der Waals surface area contributed by atoms with Crippen LogP contribution in [0.15, 0.2) is 71.8 Å². The average Bonchev–Trinajstić information content (AvgIpc) is 3.11. The lowest BCUT2D eigenvalue weighted by atomic mass is 10.1. The summed E-state index contributed by atoms with van der Waals surface area (Å²) in [7, 11) is -4.75. The number of carbonyl (C=O) groups excluding carboxylic acids is 1. The van der Waals surface area contributed by atoms with Crippen LogP contribution >= 0.6 is 0 Å². The Morgan fingerprint density at radius 3 is 2.33 bits per heavy atom. The fourth-order valence-corrected chi connectivity index (χ4v) is 3.80. The van der Waals surface area contributed by atoms with E-state index >= 15 is 0 Å². The van der Waals surface area contributed by atoms with E-state index < -0.39 is 38.7 Å². The monoisotopic (exact) mass is 397 g/mol. The number of nitrogens with one attached hydrogen (secondary N) is 2. The maximum absolute atomic E-state index is 13.1. The van der Waals surface area contributed by atoms with Crippen LogP contribution in [0, 0.1) is 0 Å². The second kappa shape index (κ2) is 6.95. The van der Waals surface area contributed by atoms with Gasteiger partial charge in [0, 0.05) is 6.20 Å². The quantitative estimate of drug-likeness (QED) is 0.834. The zero-order valence-electron chi connectivity index (χ0n) is 13.6. The average molecular weight is 397 g/mol. The smallest absolute Gasteiger partial charge is 0.301 e. The van der Waals surface area contributed by atoms with E-state index in [0.29, 0.717) is 11.6 Å². The molecule has 0 saturated carbocycles. The minimum absolute atomic E-state index is 0.612. The first-order valence-electron chi connectivity index (χ1n) is 7.70. The summed E-state index contributed by atoms with van der Waals surface area (Å²) in [6.07, 6.45) is -1.83. The summed E-state index contributed by atoms with van der Waals surface area (Å²) < 4.78 is 65.8. The highest BCUT2D eigenvalue weighted by Crippen LogP contribution is 2.34. The van der Waals surface area contributed by atoms with Gasteiger partial charge in [0.05, 0.1) is 16.5 Å². The standard InChI is InChI=1S/C17H14F3N3O3S/c18-17(19,20)13-8-4-5-9-15(13)27(25,26)22-16(24)23-14(10-11-21-23)12-6-2-1-3-7-12/h1-11,14,21H,(H,22,24). The predicted octanol–water partition coefficient (Wildman–Crippen LogP) is 3.18. The molecule has 10 heteroatoms. The van der Waals surface area contributed by atoms with E-state index in [2.05, 4.69) is 5.43 Å². The zero-order chi connectivity index (χ0) is 19.7. The van der Waals surface area contributed by atoms with Gasteiger partial charge < -0.3 is 5.43 Å². The third-order valence-corrected chi connectivity index (χ3v) is 5.21. The van der Waals surface area contributed by atoms with E-state index in [1.54, 1.807) is 41.1 Å². The van der Waals surface area contributed by atoms with Crippen molar-refractivity contribution < 1.29 is 26.4 Å². The molecule has 1 unspecified atom stereocenters. The first-order chi connectivity index (χ1) is 12.7. The summed E-state index contributed by atoms with van der Waals surface area (Å²) >= 11 is 0. The van der Waals surface area contributed by atoms with Crippen molar-refractivity contribution in [3.63, 3.8) is 0 Å². The lowest BCUT2D eigenvalue weighted by molar-refractivity contribution is -0.139. The fourth-order valence-electron chi connectivity index (χ4n) is 2.63. The fraction of sp³-hybridized carbons (Fsp3) is 0.118. The van der Waals surface area contributed by atoms with Crippen LogP contribution in [0.3, 0.4) is 0 Å². The molecule has 0 bridgehead atoms. The van der Waals surface area contributed by atoms with Crippen LogP contribution in [0.4, 0.5) is 18.0 Å². The van der Waals surface area contributed by atoms with Gasteiger partial charge in [0.15, 0.2) is 0 Å². The molecule has 2 amide bonds. The Hall–Kier alpha value is -3.01. The van der Waals surface area contributed by atoms with E-state index in [9.17, 15) is 26.4 Å². The van der Waals surface area contributed by atoms with E-state index in [4.69, 9.17) is 0 Å². The van der Waals surface area contributed by atoms with Gasteiger partial charge in [0.25, 0.3) is 10.0 Å². The van der Waals surface area contributed by atoms with Gasteiger partial charge in [-0.15, -0.1) is 0 Å². The molecule has 0 aromatic heterocycles. The molecule has 6 nitrogen and oxygen atoms in total. The molecule has 0 spiro atoms. The molecule has 2 aromatic rings. The van der Waals surface area contributed by atoms with Crippen LogP contribution in [0.2, 0.25) is 0 Å². The lowest BCUT2D eigenvalue weighted by Gasteiger charge is -2.25. The van der Waals surface area contributed by atoms with E-state index in [1.807, 2.05) is 0 Å². The van der Waals surface area contributed by atoms with Crippen LogP contribution in [0.1, 0.15) is 17.2 Å². The van der Waals surface area contributed by atoms with Gasteiger partial charge in [0.1, 0.15) is 0 Å².